The van der Waals surface area contributed by atoms with Crippen molar-refractivity contribution in [3.8, 4) is 0 Å². The summed E-state index contributed by atoms with van der Waals surface area (Å²) in [7, 11) is 0. The van der Waals surface area contributed by atoms with Gasteiger partial charge in [0.1, 0.15) is 0 Å². The molecule has 496 valence electrons. The van der Waals surface area contributed by atoms with Gasteiger partial charge in [-0.05, 0) is 110 Å². The first kappa shape index (κ1) is 80.7. The van der Waals surface area contributed by atoms with E-state index in [2.05, 4.69) is 51.3 Å². The van der Waals surface area contributed by atoms with Gasteiger partial charge in [0, 0.05) is 76.3 Å². The lowest BCUT2D eigenvalue weighted by Gasteiger charge is -2.31. The van der Waals surface area contributed by atoms with E-state index in [9.17, 15) is 38.4 Å². The van der Waals surface area contributed by atoms with Crippen LogP contribution in [-0.4, -0.2) is 150 Å². The van der Waals surface area contributed by atoms with Crippen LogP contribution in [0.15, 0.2) is 0 Å². The summed E-state index contributed by atoms with van der Waals surface area (Å²) in [5.74, 6) is -3.85. The number of unbranched alkanes of at least 4 members (excludes halogenated alkanes) is 20. The number of carbonyl (C=O) groups excluding carboxylic acids is 8. The van der Waals surface area contributed by atoms with Gasteiger partial charge in [-0.2, -0.15) is 0 Å². The first-order valence-corrected chi connectivity index (χ1v) is 34.0. The Labute approximate surface area is 515 Å². The summed E-state index contributed by atoms with van der Waals surface area (Å²) in [6.07, 6.45) is 26.7. The van der Waals surface area contributed by atoms with Gasteiger partial charge >= 0.3 is 47.8 Å². The van der Waals surface area contributed by atoms with Gasteiger partial charge in [-0.3, -0.25) is 38.4 Å². The fraction of sp³-hybridized carbons (Fsp3) is 0.881. The lowest BCUT2D eigenvalue weighted by atomic mass is 10.1. The van der Waals surface area contributed by atoms with Crippen LogP contribution in [0.2, 0.25) is 0 Å². The second-order valence-electron chi connectivity index (χ2n) is 23.0. The monoisotopic (exact) mass is 1210 g/mol. The van der Waals surface area contributed by atoms with Crippen LogP contribution >= 0.6 is 0 Å². The molecule has 0 aromatic carbocycles. The predicted octanol–water partition coefficient (Wildman–Crippen LogP) is 13.7. The molecule has 0 aliphatic rings. The van der Waals surface area contributed by atoms with E-state index >= 15 is 0 Å². The molecule has 0 rings (SSSR count). The van der Waals surface area contributed by atoms with Gasteiger partial charge in [-0.15, -0.1) is 0 Å². The smallest absolute Gasteiger partial charge is 0.305 e. The second kappa shape index (κ2) is 60.0. The van der Waals surface area contributed by atoms with Crippen molar-refractivity contribution in [3.63, 3.8) is 0 Å². The highest BCUT2D eigenvalue weighted by molar-refractivity contribution is 5.72. The third-order valence-electron chi connectivity index (χ3n) is 14.9. The fourth-order valence-electron chi connectivity index (χ4n) is 9.49. The second-order valence-corrected chi connectivity index (χ2v) is 23.0. The molecule has 0 aromatic rings. The maximum absolute atomic E-state index is 13.2. The van der Waals surface area contributed by atoms with Crippen LogP contribution in [-0.2, 0) is 76.3 Å². The molecular weight excluding hydrogens is 1090 g/mol. The normalized spacial score (nSPS) is 11.3. The molecule has 0 N–H and O–H groups in total. The van der Waals surface area contributed by atoms with Gasteiger partial charge in [0.2, 0.25) is 0 Å². The molecule has 18 heteroatoms. The lowest BCUT2D eigenvalue weighted by molar-refractivity contribution is -0.151. The summed E-state index contributed by atoms with van der Waals surface area (Å²) in [6, 6.07) is 0. The summed E-state index contributed by atoms with van der Waals surface area (Å²) in [4.78, 5) is 107. The summed E-state index contributed by atoms with van der Waals surface area (Å²) < 4.78 is 44.9. The molecule has 0 aliphatic carbocycles. The van der Waals surface area contributed by atoms with Gasteiger partial charge in [-0.25, -0.2) is 0 Å². The Morgan fingerprint density at radius 2 is 0.459 bits per heavy atom. The molecule has 0 bridgehead atoms. The van der Waals surface area contributed by atoms with Gasteiger partial charge in [0.15, 0.2) is 0 Å². The summed E-state index contributed by atoms with van der Waals surface area (Å²) in [5, 5.41) is 0. The van der Waals surface area contributed by atoms with Crippen molar-refractivity contribution < 1.29 is 76.3 Å². The van der Waals surface area contributed by atoms with Crippen molar-refractivity contribution in [3.05, 3.63) is 0 Å². The Morgan fingerprint density at radius 1 is 0.247 bits per heavy atom. The average molecular weight is 1210 g/mol. The molecule has 85 heavy (non-hydrogen) atoms. The Morgan fingerprint density at radius 3 is 0.682 bits per heavy atom. The average Bonchev–Trinajstić information content (AvgIpc) is 3.57. The highest BCUT2D eigenvalue weighted by Crippen LogP contribution is 2.16. The van der Waals surface area contributed by atoms with Crippen molar-refractivity contribution in [2.45, 2.75) is 279 Å². The third-order valence-corrected chi connectivity index (χ3v) is 14.9. The standard InChI is InChI=1S/C67H122N2O16/c1-7-13-17-21-33-48-78-60(70)38-25-29-42-64(74)82-54-58(55-83-65(75)43-30-26-39-61(71)79-49-34-22-18-14-8-2)52-69(47-37-46-68(11-5)12-6)53-59(56-84-66(76)44-31-27-40-62(72)80-50-35-23-19-15-9-3)57-85-67(77)45-32-28-41-63(73)81-51-36-24-20-16-10-4/h58-59H,7-57H2,1-6H3. The van der Waals surface area contributed by atoms with Gasteiger partial charge in [-0.1, -0.05) is 144 Å². The molecule has 0 saturated carbocycles. The fourth-order valence-corrected chi connectivity index (χ4v) is 9.49. The van der Waals surface area contributed by atoms with E-state index in [1.807, 2.05) is 0 Å². The number of hydrogen-bond donors (Lipinski definition) is 0. The number of rotatable bonds is 62. The third kappa shape index (κ3) is 54.8. The van der Waals surface area contributed by atoms with Gasteiger partial charge < -0.3 is 47.7 Å². The van der Waals surface area contributed by atoms with Crippen molar-refractivity contribution in [2.24, 2.45) is 11.8 Å². The van der Waals surface area contributed by atoms with Gasteiger partial charge in [0.05, 0.1) is 52.9 Å². The highest BCUT2D eigenvalue weighted by Gasteiger charge is 2.24. The van der Waals surface area contributed by atoms with Crippen LogP contribution < -0.4 is 0 Å². The van der Waals surface area contributed by atoms with Crippen molar-refractivity contribution in [1.29, 1.82) is 0 Å². The Balaban J connectivity index is 6.17. The molecule has 0 atom stereocenters. The first-order chi connectivity index (χ1) is 41.3. The van der Waals surface area contributed by atoms with E-state index < -0.39 is 35.7 Å². The van der Waals surface area contributed by atoms with Gasteiger partial charge in [0.25, 0.3) is 0 Å². The number of carbonyl (C=O) groups is 8. The maximum Gasteiger partial charge on any atom is 0.305 e. The molecule has 18 nitrogen and oxygen atoms in total. The van der Waals surface area contributed by atoms with Crippen LogP contribution in [0.5, 0.6) is 0 Å². The van der Waals surface area contributed by atoms with Crippen LogP contribution in [0.1, 0.15) is 279 Å². The number of hydrogen-bond acceptors (Lipinski definition) is 18. The Bertz CT molecular complexity index is 1460. The largest absolute Gasteiger partial charge is 0.466 e. The Hall–Kier alpha value is -4.32. The molecule has 0 heterocycles. The molecular formula is C67H122N2O16. The minimum atomic E-state index is -0.479. The summed E-state index contributed by atoms with van der Waals surface area (Å²) >= 11 is 0. The minimum Gasteiger partial charge on any atom is -0.466 e. The molecule has 0 aromatic heterocycles. The van der Waals surface area contributed by atoms with Crippen LogP contribution in [0.4, 0.5) is 0 Å². The molecule has 0 unspecified atom stereocenters. The quantitative estimate of drug-likeness (QED) is 0.0314. The predicted molar refractivity (Wildman–Crippen MR) is 332 cm³/mol. The number of esters is 8. The SMILES string of the molecule is CCCCCCCOC(=O)CCCCC(=O)OCC(COC(=O)CCCCC(=O)OCCCCCCC)CN(CCCN(CC)CC)CC(COC(=O)CCCCC(=O)OCCCCCCC)COC(=O)CCCCC(=O)OCCCCCCC. The van der Waals surface area contributed by atoms with Crippen molar-refractivity contribution >= 4 is 47.8 Å². The zero-order valence-corrected chi connectivity index (χ0v) is 54.6. The number of ether oxygens (including phenoxy) is 8. The van der Waals surface area contributed by atoms with E-state index in [0.29, 0.717) is 97.4 Å². The summed E-state index contributed by atoms with van der Waals surface area (Å²) in [6.45, 7) is 17.9. The van der Waals surface area contributed by atoms with Crippen LogP contribution in [0, 0.1) is 11.8 Å². The van der Waals surface area contributed by atoms with E-state index in [0.717, 1.165) is 154 Å². The summed E-state index contributed by atoms with van der Waals surface area (Å²) in [5.41, 5.74) is 0. The Kier molecular flexibility index (Phi) is 56.9. The van der Waals surface area contributed by atoms with E-state index in [4.69, 9.17) is 37.9 Å². The molecule has 0 aliphatic heterocycles. The van der Waals surface area contributed by atoms with E-state index in [1.165, 1.54) is 0 Å². The molecule has 0 radical (unpaired) electrons. The van der Waals surface area contributed by atoms with Crippen LogP contribution in [0.25, 0.3) is 0 Å². The van der Waals surface area contributed by atoms with E-state index in [1.54, 1.807) is 0 Å². The van der Waals surface area contributed by atoms with Crippen molar-refractivity contribution in [1.82, 2.24) is 9.80 Å². The molecule has 0 spiro atoms. The van der Waals surface area contributed by atoms with Crippen molar-refractivity contribution in [2.75, 3.05) is 92.1 Å². The first-order valence-electron chi connectivity index (χ1n) is 34.0. The minimum absolute atomic E-state index is 0.0589. The van der Waals surface area contributed by atoms with E-state index in [-0.39, 0.29) is 102 Å². The maximum atomic E-state index is 13.2. The zero-order chi connectivity index (χ0) is 62.6. The highest BCUT2D eigenvalue weighted by atomic mass is 16.6. The topological polar surface area (TPSA) is 217 Å². The van der Waals surface area contributed by atoms with Crippen LogP contribution in [0.3, 0.4) is 0 Å². The molecule has 0 fully saturated rings. The lowest BCUT2D eigenvalue weighted by Crippen LogP contribution is -2.41. The molecule has 0 saturated heterocycles. The number of nitrogens with zero attached hydrogens (tertiary/aromatic N) is 2. The zero-order valence-electron chi connectivity index (χ0n) is 54.6. The molecule has 0 amide bonds.